The van der Waals surface area contributed by atoms with Gasteiger partial charge in [-0.3, -0.25) is 9.89 Å². The van der Waals surface area contributed by atoms with Gasteiger partial charge in [0.05, 0.1) is 10.2 Å². The second kappa shape index (κ2) is 3.56. The highest BCUT2D eigenvalue weighted by molar-refractivity contribution is 7.20. The third-order valence-electron chi connectivity index (χ3n) is 2.57. The van der Waals surface area contributed by atoms with Crippen molar-refractivity contribution in [2.24, 2.45) is 0 Å². The van der Waals surface area contributed by atoms with Gasteiger partial charge in [-0.05, 0) is 31.5 Å². The van der Waals surface area contributed by atoms with Gasteiger partial charge in [-0.1, -0.05) is 17.4 Å². The number of nitrogens with zero attached hydrogens (tertiary/aromatic N) is 2. The molecule has 0 aliphatic heterocycles. The SMILES string of the molecule is Cc1ccc2nc(-n3[nH]c(C)cc3=O)sc2c1. The van der Waals surface area contributed by atoms with Crippen LogP contribution < -0.4 is 5.56 Å². The fraction of sp³-hybridized carbons (Fsp3) is 0.167. The zero-order valence-electron chi connectivity index (χ0n) is 9.52. The van der Waals surface area contributed by atoms with Crippen LogP contribution in [0.2, 0.25) is 0 Å². The molecule has 0 saturated heterocycles. The first kappa shape index (κ1) is 10.3. The van der Waals surface area contributed by atoms with Crippen LogP contribution in [0.5, 0.6) is 0 Å². The van der Waals surface area contributed by atoms with Crippen LogP contribution >= 0.6 is 11.3 Å². The average molecular weight is 245 g/mol. The number of hydrogen-bond donors (Lipinski definition) is 1. The van der Waals surface area contributed by atoms with Gasteiger partial charge in [-0.15, -0.1) is 0 Å². The summed E-state index contributed by atoms with van der Waals surface area (Å²) in [6, 6.07) is 7.65. The van der Waals surface area contributed by atoms with Crippen LogP contribution in [0.4, 0.5) is 0 Å². The zero-order chi connectivity index (χ0) is 12.0. The van der Waals surface area contributed by atoms with Gasteiger partial charge in [0.25, 0.3) is 5.56 Å². The highest BCUT2D eigenvalue weighted by Crippen LogP contribution is 2.24. The summed E-state index contributed by atoms with van der Waals surface area (Å²) in [7, 11) is 0. The highest BCUT2D eigenvalue weighted by atomic mass is 32.1. The lowest BCUT2D eigenvalue weighted by Crippen LogP contribution is -2.12. The maximum Gasteiger partial charge on any atom is 0.273 e. The van der Waals surface area contributed by atoms with Crippen LogP contribution in [0.1, 0.15) is 11.3 Å². The van der Waals surface area contributed by atoms with Gasteiger partial charge >= 0.3 is 0 Å². The van der Waals surface area contributed by atoms with Crippen LogP contribution in [0.25, 0.3) is 15.3 Å². The van der Waals surface area contributed by atoms with Crippen LogP contribution in [0.15, 0.2) is 29.1 Å². The summed E-state index contributed by atoms with van der Waals surface area (Å²) in [6.45, 7) is 3.90. The van der Waals surface area contributed by atoms with E-state index in [0.29, 0.717) is 5.13 Å². The molecule has 0 unspecified atom stereocenters. The summed E-state index contributed by atoms with van der Waals surface area (Å²) < 4.78 is 2.58. The first-order chi connectivity index (χ1) is 8.13. The van der Waals surface area contributed by atoms with Crippen molar-refractivity contribution in [1.82, 2.24) is 14.8 Å². The Labute approximate surface area is 102 Å². The third kappa shape index (κ3) is 1.68. The molecule has 0 bridgehead atoms. The second-order valence-corrected chi connectivity index (χ2v) is 5.09. The Morgan fingerprint density at radius 1 is 1.29 bits per heavy atom. The van der Waals surface area contributed by atoms with Crippen molar-refractivity contribution in [2.45, 2.75) is 13.8 Å². The predicted molar refractivity (Wildman–Crippen MR) is 69.0 cm³/mol. The number of fused-ring (bicyclic) bond motifs is 1. The summed E-state index contributed by atoms with van der Waals surface area (Å²) in [5.74, 6) is 0. The van der Waals surface area contributed by atoms with E-state index < -0.39 is 0 Å². The first-order valence-electron chi connectivity index (χ1n) is 5.30. The zero-order valence-corrected chi connectivity index (χ0v) is 10.3. The van der Waals surface area contributed by atoms with Crippen molar-refractivity contribution in [3.05, 3.63) is 45.9 Å². The predicted octanol–water partition coefficient (Wildman–Crippen LogP) is 2.39. The molecule has 17 heavy (non-hydrogen) atoms. The van der Waals surface area contributed by atoms with Gasteiger partial charge in [0, 0.05) is 11.8 Å². The molecule has 0 amide bonds. The molecular formula is C12H11N3OS. The van der Waals surface area contributed by atoms with Gasteiger partial charge < -0.3 is 0 Å². The van der Waals surface area contributed by atoms with Crippen molar-refractivity contribution in [2.75, 3.05) is 0 Å². The quantitative estimate of drug-likeness (QED) is 0.715. The van der Waals surface area contributed by atoms with Crippen molar-refractivity contribution in [1.29, 1.82) is 0 Å². The smallest absolute Gasteiger partial charge is 0.273 e. The molecule has 2 heterocycles. The summed E-state index contributed by atoms with van der Waals surface area (Å²) in [5, 5.41) is 3.67. The van der Waals surface area contributed by atoms with Gasteiger partial charge in [-0.2, -0.15) is 4.68 Å². The minimum Gasteiger partial charge on any atom is -0.293 e. The number of benzene rings is 1. The van der Waals surface area contributed by atoms with Gasteiger partial charge in [0.1, 0.15) is 0 Å². The fourth-order valence-electron chi connectivity index (χ4n) is 1.77. The number of H-pyrrole nitrogens is 1. The molecule has 2 aromatic heterocycles. The number of rotatable bonds is 1. The summed E-state index contributed by atoms with van der Waals surface area (Å²) in [4.78, 5) is 16.1. The lowest BCUT2D eigenvalue weighted by atomic mass is 10.2. The van der Waals surface area contributed by atoms with E-state index in [-0.39, 0.29) is 5.56 Å². The topological polar surface area (TPSA) is 50.7 Å². The molecule has 3 rings (SSSR count). The van der Waals surface area contributed by atoms with Gasteiger partial charge in [0.2, 0.25) is 5.13 Å². The van der Waals surface area contributed by atoms with Crippen LogP contribution in [-0.4, -0.2) is 14.8 Å². The Balaban J connectivity index is 2.25. The van der Waals surface area contributed by atoms with E-state index >= 15 is 0 Å². The minimum atomic E-state index is -0.0710. The van der Waals surface area contributed by atoms with Gasteiger partial charge in [-0.25, -0.2) is 4.98 Å². The fourth-order valence-corrected chi connectivity index (χ4v) is 2.80. The molecule has 0 saturated carbocycles. The molecule has 0 atom stereocenters. The Morgan fingerprint density at radius 2 is 2.12 bits per heavy atom. The minimum absolute atomic E-state index is 0.0710. The van der Waals surface area contributed by atoms with Crippen molar-refractivity contribution in [3.8, 4) is 5.13 Å². The Hall–Kier alpha value is -1.88. The molecule has 3 aromatic rings. The summed E-state index contributed by atoms with van der Waals surface area (Å²) in [6.07, 6.45) is 0. The summed E-state index contributed by atoms with van der Waals surface area (Å²) in [5.41, 5.74) is 2.89. The average Bonchev–Trinajstić information content (AvgIpc) is 2.80. The molecule has 0 fully saturated rings. The number of thiazole rings is 1. The van der Waals surface area contributed by atoms with E-state index in [4.69, 9.17) is 0 Å². The molecule has 0 spiro atoms. The molecule has 0 radical (unpaired) electrons. The van der Waals surface area contributed by atoms with Crippen LogP contribution in [0.3, 0.4) is 0 Å². The molecule has 0 aliphatic carbocycles. The molecule has 4 nitrogen and oxygen atoms in total. The Bertz CT molecular complexity index is 751. The number of nitrogens with one attached hydrogen (secondary N) is 1. The molecule has 86 valence electrons. The number of aromatic nitrogens is 3. The van der Waals surface area contributed by atoms with Gasteiger partial charge in [0.15, 0.2) is 0 Å². The number of aryl methyl sites for hydroxylation is 2. The van der Waals surface area contributed by atoms with E-state index in [1.807, 2.05) is 26.0 Å². The first-order valence-corrected chi connectivity index (χ1v) is 6.11. The van der Waals surface area contributed by atoms with E-state index in [1.165, 1.54) is 21.6 Å². The molecule has 0 aliphatic rings. The van der Waals surface area contributed by atoms with Crippen molar-refractivity contribution in [3.63, 3.8) is 0 Å². The second-order valence-electron chi connectivity index (χ2n) is 4.08. The van der Waals surface area contributed by atoms with Crippen molar-refractivity contribution >= 4 is 21.6 Å². The molecular weight excluding hydrogens is 234 g/mol. The summed E-state index contributed by atoms with van der Waals surface area (Å²) >= 11 is 1.51. The number of hydrogen-bond acceptors (Lipinski definition) is 3. The lowest BCUT2D eigenvalue weighted by molar-refractivity contribution is 0.829. The van der Waals surface area contributed by atoms with Crippen LogP contribution in [0, 0.1) is 13.8 Å². The third-order valence-corrected chi connectivity index (χ3v) is 3.58. The molecule has 1 aromatic carbocycles. The van der Waals surface area contributed by atoms with Crippen LogP contribution in [-0.2, 0) is 0 Å². The Morgan fingerprint density at radius 3 is 2.82 bits per heavy atom. The van der Waals surface area contributed by atoms with E-state index in [1.54, 1.807) is 6.07 Å². The molecule has 1 N–H and O–H groups in total. The maximum absolute atomic E-state index is 11.7. The highest BCUT2D eigenvalue weighted by Gasteiger charge is 2.08. The monoisotopic (exact) mass is 245 g/mol. The standard InChI is InChI=1S/C12H11N3OS/c1-7-3-4-9-10(5-7)17-12(13-9)15-11(16)6-8(2)14-15/h3-6,14H,1-2H3. The van der Waals surface area contributed by atoms with E-state index in [0.717, 1.165) is 15.9 Å². The maximum atomic E-state index is 11.7. The van der Waals surface area contributed by atoms with E-state index in [2.05, 4.69) is 16.1 Å². The van der Waals surface area contributed by atoms with E-state index in [9.17, 15) is 4.79 Å². The lowest BCUT2D eigenvalue weighted by Gasteiger charge is -1.92. The molecule has 5 heteroatoms. The largest absolute Gasteiger partial charge is 0.293 e. The number of aromatic amines is 1. The Kier molecular flexibility index (Phi) is 2.16. The normalized spacial score (nSPS) is 11.2. The van der Waals surface area contributed by atoms with Crippen molar-refractivity contribution < 1.29 is 0 Å².